The third-order valence-corrected chi connectivity index (χ3v) is 3.07. The van der Waals surface area contributed by atoms with Gasteiger partial charge in [0.2, 0.25) is 0 Å². The molecule has 0 saturated carbocycles. The summed E-state index contributed by atoms with van der Waals surface area (Å²) in [6, 6.07) is 1.34. The minimum atomic E-state index is -1.09. The molecule has 1 unspecified atom stereocenters. The first-order chi connectivity index (χ1) is 8.47. The molecule has 18 heavy (non-hydrogen) atoms. The van der Waals surface area contributed by atoms with Crippen molar-refractivity contribution in [2.24, 2.45) is 5.92 Å². The van der Waals surface area contributed by atoms with E-state index in [9.17, 15) is 4.79 Å². The average molecular weight is 273 g/mol. The Bertz CT molecular complexity index is 424. The number of aliphatic hydroxyl groups is 1. The SMILES string of the molecule is CC(C)C(CCO)Nc1nccc(C(=O)O)c1Cl. The normalized spacial score (nSPS) is 12.5. The Morgan fingerprint density at radius 2 is 2.22 bits per heavy atom. The van der Waals surface area contributed by atoms with Gasteiger partial charge >= 0.3 is 5.97 Å². The molecule has 0 aromatic carbocycles. The van der Waals surface area contributed by atoms with Crippen molar-refractivity contribution in [3.63, 3.8) is 0 Å². The molecule has 0 amide bonds. The minimum Gasteiger partial charge on any atom is -0.478 e. The summed E-state index contributed by atoms with van der Waals surface area (Å²) in [5.74, 6) is -0.485. The molecule has 0 aliphatic carbocycles. The number of pyridine rings is 1. The van der Waals surface area contributed by atoms with Crippen molar-refractivity contribution >= 4 is 23.4 Å². The van der Waals surface area contributed by atoms with Crippen molar-refractivity contribution < 1.29 is 15.0 Å². The lowest BCUT2D eigenvalue weighted by atomic mass is 10.0. The maximum absolute atomic E-state index is 10.9. The lowest BCUT2D eigenvalue weighted by Gasteiger charge is -2.22. The van der Waals surface area contributed by atoms with E-state index in [1.54, 1.807) is 0 Å². The number of hydrogen-bond acceptors (Lipinski definition) is 4. The van der Waals surface area contributed by atoms with Gasteiger partial charge in [-0.15, -0.1) is 0 Å². The first kappa shape index (κ1) is 14.7. The minimum absolute atomic E-state index is 0.0101. The second kappa shape index (κ2) is 6.56. The van der Waals surface area contributed by atoms with Crippen LogP contribution in [0.4, 0.5) is 5.82 Å². The van der Waals surface area contributed by atoms with E-state index in [1.807, 2.05) is 13.8 Å². The first-order valence-corrected chi connectivity index (χ1v) is 6.10. The second-order valence-corrected chi connectivity index (χ2v) is 4.71. The van der Waals surface area contributed by atoms with Crippen LogP contribution in [0.2, 0.25) is 5.02 Å². The number of aromatic carboxylic acids is 1. The van der Waals surface area contributed by atoms with Crippen molar-refractivity contribution in [3.8, 4) is 0 Å². The van der Waals surface area contributed by atoms with Gasteiger partial charge in [-0.05, 0) is 18.4 Å². The number of carboxylic acid groups (broad SMARTS) is 1. The van der Waals surface area contributed by atoms with E-state index < -0.39 is 5.97 Å². The molecule has 0 saturated heterocycles. The summed E-state index contributed by atoms with van der Waals surface area (Å²) in [6.07, 6.45) is 1.95. The number of nitrogens with zero attached hydrogens (tertiary/aromatic N) is 1. The Kier molecular flexibility index (Phi) is 5.37. The van der Waals surface area contributed by atoms with E-state index in [-0.39, 0.29) is 29.2 Å². The monoisotopic (exact) mass is 272 g/mol. The van der Waals surface area contributed by atoms with Gasteiger partial charge in [-0.3, -0.25) is 0 Å². The summed E-state index contributed by atoms with van der Waals surface area (Å²) in [7, 11) is 0. The summed E-state index contributed by atoms with van der Waals surface area (Å²) in [4.78, 5) is 15.0. The molecule has 6 heteroatoms. The lowest BCUT2D eigenvalue weighted by molar-refractivity contribution is 0.0697. The highest BCUT2D eigenvalue weighted by molar-refractivity contribution is 6.35. The molecule has 5 nitrogen and oxygen atoms in total. The molecule has 0 spiro atoms. The van der Waals surface area contributed by atoms with Gasteiger partial charge in [-0.1, -0.05) is 25.4 Å². The summed E-state index contributed by atoms with van der Waals surface area (Å²) in [5.41, 5.74) is 0.0145. The molecule has 0 aliphatic heterocycles. The molecular formula is C12H17ClN2O3. The fourth-order valence-corrected chi connectivity index (χ4v) is 1.84. The van der Waals surface area contributed by atoms with Gasteiger partial charge in [-0.2, -0.15) is 0 Å². The smallest absolute Gasteiger partial charge is 0.337 e. The standard InChI is InChI=1S/C12H17ClN2O3/c1-7(2)9(4-6-16)15-11-10(13)8(12(17)18)3-5-14-11/h3,5,7,9,16H,4,6H2,1-2H3,(H,14,15)(H,17,18). The van der Waals surface area contributed by atoms with Crippen molar-refractivity contribution in [2.75, 3.05) is 11.9 Å². The number of carbonyl (C=O) groups is 1. The molecule has 1 aromatic rings. The summed E-state index contributed by atoms with van der Waals surface area (Å²) in [5, 5.41) is 21.1. The molecule has 0 aliphatic rings. The molecule has 1 aromatic heterocycles. The maximum atomic E-state index is 10.9. The number of hydrogen-bond donors (Lipinski definition) is 3. The van der Waals surface area contributed by atoms with Crippen LogP contribution in [0.25, 0.3) is 0 Å². The van der Waals surface area contributed by atoms with E-state index in [4.69, 9.17) is 21.8 Å². The Morgan fingerprint density at radius 3 is 2.72 bits per heavy atom. The Morgan fingerprint density at radius 1 is 1.56 bits per heavy atom. The van der Waals surface area contributed by atoms with E-state index in [0.717, 1.165) is 0 Å². The number of carboxylic acids is 1. The van der Waals surface area contributed by atoms with Gasteiger partial charge in [0.1, 0.15) is 5.82 Å². The third-order valence-electron chi connectivity index (χ3n) is 2.69. The van der Waals surface area contributed by atoms with Crippen LogP contribution < -0.4 is 5.32 Å². The molecule has 0 bridgehead atoms. The molecular weight excluding hydrogens is 256 g/mol. The van der Waals surface area contributed by atoms with Gasteiger partial charge < -0.3 is 15.5 Å². The van der Waals surface area contributed by atoms with E-state index >= 15 is 0 Å². The molecule has 100 valence electrons. The van der Waals surface area contributed by atoms with Crippen molar-refractivity contribution in [3.05, 3.63) is 22.8 Å². The van der Waals surface area contributed by atoms with Crippen LogP contribution in [0, 0.1) is 5.92 Å². The largest absolute Gasteiger partial charge is 0.478 e. The highest BCUT2D eigenvalue weighted by atomic mass is 35.5. The van der Waals surface area contributed by atoms with Gasteiger partial charge in [0.25, 0.3) is 0 Å². The van der Waals surface area contributed by atoms with Crippen molar-refractivity contribution in [2.45, 2.75) is 26.3 Å². The fourth-order valence-electron chi connectivity index (χ4n) is 1.60. The molecule has 1 heterocycles. The number of rotatable bonds is 6. The first-order valence-electron chi connectivity index (χ1n) is 5.72. The van der Waals surface area contributed by atoms with Crippen LogP contribution in [0.3, 0.4) is 0 Å². The third kappa shape index (κ3) is 3.58. The van der Waals surface area contributed by atoms with E-state index in [2.05, 4.69) is 10.3 Å². The number of anilines is 1. The zero-order chi connectivity index (χ0) is 13.7. The second-order valence-electron chi connectivity index (χ2n) is 4.33. The summed E-state index contributed by atoms with van der Waals surface area (Å²) < 4.78 is 0. The van der Waals surface area contributed by atoms with Crippen LogP contribution in [-0.2, 0) is 0 Å². The zero-order valence-electron chi connectivity index (χ0n) is 10.4. The Balaban J connectivity index is 2.96. The van der Waals surface area contributed by atoms with Gasteiger partial charge in [0.15, 0.2) is 0 Å². The topological polar surface area (TPSA) is 82.5 Å². The fraction of sp³-hybridized carbons (Fsp3) is 0.500. The summed E-state index contributed by atoms with van der Waals surface area (Å²) in [6.45, 7) is 4.05. The Labute approximate surface area is 111 Å². The average Bonchev–Trinajstić information content (AvgIpc) is 2.30. The van der Waals surface area contributed by atoms with Crippen LogP contribution in [0.15, 0.2) is 12.3 Å². The van der Waals surface area contributed by atoms with Crippen molar-refractivity contribution in [1.29, 1.82) is 0 Å². The van der Waals surface area contributed by atoms with Crippen LogP contribution >= 0.6 is 11.6 Å². The molecule has 3 N–H and O–H groups in total. The lowest BCUT2D eigenvalue weighted by Crippen LogP contribution is -2.27. The highest BCUT2D eigenvalue weighted by Crippen LogP contribution is 2.25. The zero-order valence-corrected chi connectivity index (χ0v) is 11.1. The number of nitrogens with one attached hydrogen (secondary N) is 1. The van der Waals surface area contributed by atoms with Crippen LogP contribution in [-0.4, -0.2) is 33.8 Å². The van der Waals surface area contributed by atoms with E-state index in [0.29, 0.717) is 12.2 Å². The predicted molar refractivity (Wildman–Crippen MR) is 70.2 cm³/mol. The number of aliphatic hydroxyl groups excluding tert-OH is 1. The summed E-state index contributed by atoms with van der Waals surface area (Å²) >= 11 is 5.98. The van der Waals surface area contributed by atoms with Gasteiger partial charge in [0, 0.05) is 18.8 Å². The van der Waals surface area contributed by atoms with E-state index in [1.165, 1.54) is 12.3 Å². The Hall–Kier alpha value is -1.33. The highest BCUT2D eigenvalue weighted by Gasteiger charge is 2.18. The molecule has 0 radical (unpaired) electrons. The maximum Gasteiger partial charge on any atom is 0.337 e. The molecule has 1 atom stereocenters. The molecule has 1 rings (SSSR count). The molecule has 0 fully saturated rings. The quantitative estimate of drug-likeness (QED) is 0.740. The van der Waals surface area contributed by atoms with Crippen LogP contribution in [0.5, 0.6) is 0 Å². The van der Waals surface area contributed by atoms with Gasteiger partial charge in [0.05, 0.1) is 10.6 Å². The van der Waals surface area contributed by atoms with Crippen molar-refractivity contribution in [1.82, 2.24) is 4.98 Å². The predicted octanol–water partition coefficient (Wildman–Crippen LogP) is 2.25. The number of halogens is 1. The number of aromatic nitrogens is 1. The van der Waals surface area contributed by atoms with Crippen LogP contribution in [0.1, 0.15) is 30.6 Å². The van der Waals surface area contributed by atoms with Gasteiger partial charge in [-0.25, -0.2) is 9.78 Å².